The minimum absolute atomic E-state index is 0.661. The zero-order valence-corrected chi connectivity index (χ0v) is 7.80. The van der Waals surface area contributed by atoms with Crippen LogP contribution in [0.2, 0.25) is 0 Å². The Hall–Kier alpha value is 0.550. The smallest absolute Gasteiger partial charge is 0.115 e. The zero-order valence-electron chi connectivity index (χ0n) is 5.40. The highest BCUT2D eigenvalue weighted by molar-refractivity contribution is 8.06. The van der Waals surface area contributed by atoms with Crippen molar-refractivity contribution in [1.82, 2.24) is 0 Å². The third kappa shape index (κ3) is 5.02. The molecule has 0 aromatic heterocycles. The largest absolute Gasteiger partial charge is 0.501 e. The standard InChI is InChI=1S/C5H9Cl2OP/c1-3-8-4-5(2)9(6)7/h4H,3H2,1-2H3/b5-4-. The molecule has 0 radical (unpaired) electrons. The first kappa shape index (κ1) is 9.55. The first-order valence-electron chi connectivity index (χ1n) is 2.58. The summed E-state index contributed by atoms with van der Waals surface area (Å²) in [6.45, 7) is 3.43. The van der Waals surface area contributed by atoms with Gasteiger partial charge in [-0.3, -0.25) is 0 Å². The molecular weight excluding hydrogens is 178 g/mol. The van der Waals surface area contributed by atoms with Crippen molar-refractivity contribution in [3.63, 3.8) is 0 Å². The quantitative estimate of drug-likeness (QED) is 0.483. The van der Waals surface area contributed by atoms with Crippen LogP contribution in [-0.4, -0.2) is 6.61 Å². The van der Waals surface area contributed by atoms with Gasteiger partial charge in [-0.15, -0.1) is 0 Å². The van der Waals surface area contributed by atoms with E-state index < -0.39 is 6.63 Å². The summed E-state index contributed by atoms with van der Waals surface area (Å²) in [7, 11) is 0. The zero-order chi connectivity index (χ0) is 7.28. The summed E-state index contributed by atoms with van der Waals surface area (Å²) >= 11 is 11.1. The first-order chi connectivity index (χ1) is 4.18. The molecule has 0 atom stereocenters. The topological polar surface area (TPSA) is 9.23 Å². The highest BCUT2D eigenvalue weighted by Crippen LogP contribution is 2.54. The molecule has 0 bridgehead atoms. The number of hydrogen-bond acceptors (Lipinski definition) is 1. The van der Waals surface area contributed by atoms with Gasteiger partial charge < -0.3 is 4.74 Å². The molecule has 0 aliphatic rings. The van der Waals surface area contributed by atoms with Gasteiger partial charge in [0.1, 0.15) is 6.63 Å². The molecule has 54 valence electrons. The van der Waals surface area contributed by atoms with Gasteiger partial charge in [0.05, 0.1) is 12.9 Å². The number of rotatable bonds is 3. The SMILES string of the molecule is CCO/C=C(/C)P(Cl)Cl. The van der Waals surface area contributed by atoms with Crippen LogP contribution in [0.5, 0.6) is 0 Å². The average Bonchev–Trinajstić information content (AvgIpc) is 1.82. The van der Waals surface area contributed by atoms with Gasteiger partial charge in [0, 0.05) is 5.31 Å². The molecule has 0 spiro atoms. The van der Waals surface area contributed by atoms with Crippen molar-refractivity contribution >= 4 is 29.1 Å². The third-order valence-corrected chi connectivity index (χ3v) is 2.93. The van der Waals surface area contributed by atoms with Gasteiger partial charge in [0.2, 0.25) is 0 Å². The molecule has 1 nitrogen and oxygen atoms in total. The predicted molar refractivity (Wildman–Crippen MR) is 44.0 cm³/mol. The minimum atomic E-state index is -0.993. The van der Waals surface area contributed by atoms with Crippen molar-refractivity contribution in [2.24, 2.45) is 0 Å². The van der Waals surface area contributed by atoms with Gasteiger partial charge in [-0.05, 0) is 13.8 Å². The molecule has 0 heterocycles. The molecule has 0 rings (SSSR count). The highest BCUT2D eigenvalue weighted by atomic mass is 35.9. The molecule has 9 heavy (non-hydrogen) atoms. The Bertz CT molecular complexity index is 103. The maximum Gasteiger partial charge on any atom is 0.115 e. The van der Waals surface area contributed by atoms with Gasteiger partial charge in [0.15, 0.2) is 0 Å². The summed E-state index contributed by atoms with van der Waals surface area (Å²) in [6.07, 6.45) is 1.60. The Kier molecular flexibility index (Phi) is 5.67. The summed E-state index contributed by atoms with van der Waals surface area (Å²) in [4.78, 5) is 0. The van der Waals surface area contributed by atoms with Crippen LogP contribution in [-0.2, 0) is 4.74 Å². The summed E-state index contributed by atoms with van der Waals surface area (Å²) in [5, 5.41) is 0.898. The molecule has 4 heteroatoms. The molecule has 0 unspecified atom stereocenters. The fourth-order valence-corrected chi connectivity index (χ4v) is 0.637. The van der Waals surface area contributed by atoms with E-state index in [1.54, 1.807) is 6.26 Å². The van der Waals surface area contributed by atoms with Crippen LogP contribution in [0.25, 0.3) is 0 Å². The lowest BCUT2D eigenvalue weighted by Crippen LogP contribution is -1.77. The molecular formula is C5H9Cl2OP. The van der Waals surface area contributed by atoms with E-state index in [0.717, 1.165) is 5.31 Å². The molecule has 0 aliphatic carbocycles. The number of allylic oxidation sites excluding steroid dienone is 1. The van der Waals surface area contributed by atoms with E-state index >= 15 is 0 Å². The molecule has 0 fully saturated rings. The summed E-state index contributed by atoms with van der Waals surface area (Å²) in [6, 6.07) is 0. The van der Waals surface area contributed by atoms with E-state index in [2.05, 4.69) is 0 Å². The van der Waals surface area contributed by atoms with E-state index in [-0.39, 0.29) is 0 Å². The maximum atomic E-state index is 5.55. The Morgan fingerprint density at radius 1 is 1.67 bits per heavy atom. The second kappa shape index (κ2) is 5.34. The van der Waals surface area contributed by atoms with E-state index in [0.29, 0.717) is 6.61 Å². The second-order valence-corrected chi connectivity index (χ2v) is 5.17. The summed E-state index contributed by atoms with van der Waals surface area (Å²) < 4.78 is 4.94. The lowest BCUT2D eigenvalue weighted by molar-refractivity contribution is 0.268. The van der Waals surface area contributed by atoms with Crippen molar-refractivity contribution < 1.29 is 4.74 Å². The Balaban J connectivity index is 3.55. The fraction of sp³-hybridized carbons (Fsp3) is 0.600. The molecule has 0 aromatic carbocycles. The minimum Gasteiger partial charge on any atom is -0.501 e. The molecule has 0 aliphatic heterocycles. The van der Waals surface area contributed by atoms with Crippen LogP contribution in [0.15, 0.2) is 11.6 Å². The van der Waals surface area contributed by atoms with E-state index in [1.165, 1.54) is 0 Å². The fourth-order valence-electron chi connectivity index (χ4n) is 0.244. The van der Waals surface area contributed by atoms with Crippen LogP contribution in [0, 0.1) is 0 Å². The molecule has 0 aromatic rings. The number of halogens is 2. The van der Waals surface area contributed by atoms with Crippen molar-refractivity contribution in [1.29, 1.82) is 0 Å². The van der Waals surface area contributed by atoms with Crippen LogP contribution in [0.3, 0.4) is 0 Å². The van der Waals surface area contributed by atoms with E-state index in [9.17, 15) is 0 Å². The van der Waals surface area contributed by atoms with Crippen molar-refractivity contribution in [3.8, 4) is 0 Å². The van der Waals surface area contributed by atoms with Crippen LogP contribution in [0.1, 0.15) is 13.8 Å². The van der Waals surface area contributed by atoms with Gasteiger partial charge in [-0.2, -0.15) is 0 Å². The number of hydrogen-bond donors (Lipinski definition) is 0. The monoisotopic (exact) mass is 186 g/mol. The molecule has 0 saturated carbocycles. The van der Waals surface area contributed by atoms with Gasteiger partial charge in [-0.1, -0.05) is 22.5 Å². The third-order valence-electron chi connectivity index (χ3n) is 0.687. The molecule has 0 saturated heterocycles. The second-order valence-electron chi connectivity index (χ2n) is 1.45. The average molecular weight is 187 g/mol. The van der Waals surface area contributed by atoms with Crippen LogP contribution in [0.4, 0.5) is 0 Å². The van der Waals surface area contributed by atoms with E-state index in [4.69, 9.17) is 27.2 Å². The van der Waals surface area contributed by atoms with Crippen molar-refractivity contribution in [3.05, 3.63) is 11.6 Å². The molecule has 0 amide bonds. The van der Waals surface area contributed by atoms with Gasteiger partial charge >= 0.3 is 0 Å². The molecule has 0 N–H and O–H groups in total. The predicted octanol–water partition coefficient (Wildman–Crippen LogP) is 3.67. The van der Waals surface area contributed by atoms with Crippen LogP contribution < -0.4 is 0 Å². The first-order valence-corrected chi connectivity index (χ1v) is 5.73. The lowest BCUT2D eigenvalue weighted by Gasteiger charge is -1.99. The lowest BCUT2D eigenvalue weighted by atomic mass is 10.7. The number of ether oxygens (including phenoxy) is 1. The normalized spacial score (nSPS) is 12.3. The summed E-state index contributed by atoms with van der Waals surface area (Å²) in [5.74, 6) is 0. The van der Waals surface area contributed by atoms with Crippen molar-refractivity contribution in [2.45, 2.75) is 13.8 Å². The Morgan fingerprint density at radius 2 is 2.22 bits per heavy atom. The van der Waals surface area contributed by atoms with Gasteiger partial charge in [-0.25, -0.2) is 0 Å². The van der Waals surface area contributed by atoms with Crippen LogP contribution >= 0.6 is 29.1 Å². The Morgan fingerprint density at radius 3 is 2.56 bits per heavy atom. The summed E-state index contributed by atoms with van der Waals surface area (Å²) in [5.41, 5.74) is 0. The maximum absolute atomic E-state index is 5.55. The highest BCUT2D eigenvalue weighted by Gasteiger charge is 1.99. The van der Waals surface area contributed by atoms with Gasteiger partial charge in [0.25, 0.3) is 0 Å². The Labute approximate surface area is 66.3 Å². The van der Waals surface area contributed by atoms with E-state index in [1.807, 2.05) is 13.8 Å². The van der Waals surface area contributed by atoms with Crippen molar-refractivity contribution in [2.75, 3.05) is 6.61 Å².